The van der Waals surface area contributed by atoms with Crippen LogP contribution in [0.25, 0.3) is 5.69 Å². The van der Waals surface area contributed by atoms with Crippen molar-refractivity contribution >= 4 is 11.6 Å². The van der Waals surface area contributed by atoms with Gasteiger partial charge in [-0.1, -0.05) is 18.2 Å². The summed E-state index contributed by atoms with van der Waals surface area (Å²) in [5, 5.41) is 6.95. The van der Waals surface area contributed by atoms with E-state index >= 15 is 0 Å². The van der Waals surface area contributed by atoms with E-state index in [2.05, 4.69) is 15.4 Å². The first-order valence-corrected chi connectivity index (χ1v) is 6.75. The summed E-state index contributed by atoms with van der Waals surface area (Å²) in [6, 6.07) is 14.9. The molecule has 0 spiro atoms. The van der Waals surface area contributed by atoms with Crippen LogP contribution in [-0.2, 0) is 4.79 Å². The third-order valence-electron chi connectivity index (χ3n) is 2.88. The van der Waals surface area contributed by atoms with E-state index in [9.17, 15) is 4.79 Å². The molecule has 6 nitrogen and oxygen atoms in total. The first-order chi connectivity index (χ1) is 10.8. The van der Waals surface area contributed by atoms with Gasteiger partial charge in [0.15, 0.2) is 6.61 Å². The largest absolute Gasteiger partial charge is 0.466 e. The van der Waals surface area contributed by atoms with Crippen molar-refractivity contribution in [2.75, 3.05) is 11.9 Å². The van der Waals surface area contributed by atoms with Crippen molar-refractivity contribution in [2.24, 2.45) is 0 Å². The topological polar surface area (TPSA) is 69.0 Å². The number of ether oxygens (including phenoxy) is 1. The molecule has 0 radical (unpaired) electrons. The van der Waals surface area contributed by atoms with Gasteiger partial charge in [0.1, 0.15) is 0 Å². The summed E-state index contributed by atoms with van der Waals surface area (Å²) >= 11 is 0. The van der Waals surface area contributed by atoms with Crippen molar-refractivity contribution in [3.63, 3.8) is 0 Å². The number of amides is 1. The van der Waals surface area contributed by atoms with Crippen molar-refractivity contribution in [1.82, 2.24) is 14.8 Å². The Morgan fingerprint density at radius 2 is 2.00 bits per heavy atom. The van der Waals surface area contributed by atoms with Crippen molar-refractivity contribution in [3.8, 4) is 11.6 Å². The zero-order valence-electron chi connectivity index (χ0n) is 11.7. The Labute approximate surface area is 127 Å². The van der Waals surface area contributed by atoms with Crippen LogP contribution < -0.4 is 10.1 Å². The number of anilines is 1. The molecule has 110 valence electrons. The van der Waals surface area contributed by atoms with Gasteiger partial charge in [0.25, 0.3) is 5.91 Å². The fourth-order valence-corrected chi connectivity index (χ4v) is 1.88. The van der Waals surface area contributed by atoms with Crippen molar-refractivity contribution < 1.29 is 9.53 Å². The van der Waals surface area contributed by atoms with E-state index in [1.165, 1.54) is 0 Å². The second kappa shape index (κ2) is 6.53. The van der Waals surface area contributed by atoms with Crippen molar-refractivity contribution in [2.45, 2.75) is 0 Å². The highest BCUT2D eigenvalue weighted by molar-refractivity contribution is 5.91. The number of aromatic nitrogens is 3. The maximum absolute atomic E-state index is 11.8. The van der Waals surface area contributed by atoms with E-state index in [0.717, 1.165) is 5.69 Å². The molecule has 0 aliphatic rings. The van der Waals surface area contributed by atoms with Gasteiger partial charge < -0.3 is 10.1 Å². The average Bonchev–Trinajstić information content (AvgIpc) is 3.04. The van der Waals surface area contributed by atoms with E-state index in [0.29, 0.717) is 11.6 Å². The van der Waals surface area contributed by atoms with Gasteiger partial charge in [-0.2, -0.15) is 0 Å². The molecule has 2 aromatic heterocycles. The number of carbonyl (C=O) groups excluding carboxylic acids is 1. The Morgan fingerprint density at radius 1 is 1.14 bits per heavy atom. The lowest BCUT2D eigenvalue weighted by atomic mass is 10.3. The molecule has 0 bridgehead atoms. The molecule has 3 aromatic rings. The fourth-order valence-electron chi connectivity index (χ4n) is 1.88. The molecule has 0 saturated carbocycles. The second-order valence-corrected chi connectivity index (χ2v) is 4.51. The quantitative estimate of drug-likeness (QED) is 0.784. The number of hydrogen-bond donors (Lipinski definition) is 1. The van der Waals surface area contributed by atoms with Crippen LogP contribution in [0.5, 0.6) is 5.88 Å². The second-order valence-electron chi connectivity index (χ2n) is 4.51. The van der Waals surface area contributed by atoms with Crippen LogP contribution in [-0.4, -0.2) is 27.3 Å². The van der Waals surface area contributed by atoms with Gasteiger partial charge in [0, 0.05) is 18.5 Å². The summed E-state index contributed by atoms with van der Waals surface area (Å²) < 4.78 is 7.07. The maximum atomic E-state index is 11.8. The zero-order valence-corrected chi connectivity index (χ0v) is 11.7. The summed E-state index contributed by atoms with van der Waals surface area (Å²) in [7, 11) is 0. The highest BCUT2D eigenvalue weighted by Gasteiger charge is 2.06. The molecule has 1 N–H and O–H groups in total. The third kappa shape index (κ3) is 3.49. The number of nitrogens with zero attached hydrogens (tertiary/aromatic N) is 3. The highest BCUT2D eigenvalue weighted by atomic mass is 16.5. The number of hydrogen-bond acceptors (Lipinski definition) is 4. The summed E-state index contributed by atoms with van der Waals surface area (Å²) in [6.45, 7) is -0.110. The lowest BCUT2D eigenvalue weighted by Gasteiger charge is -2.05. The molecule has 0 fully saturated rings. The minimum Gasteiger partial charge on any atom is -0.466 e. The molecule has 0 aliphatic heterocycles. The Morgan fingerprint density at radius 3 is 2.77 bits per heavy atom. The molecule has 0 unspecified atom stereocenters. The molecule has 0 saturated heterocycles. The highest BCUT2D eigenvalue weighted by Crippen LogP contribution is 2.11. The minimum atomic E-state index is -0.262. The molecule has 6 heteroatoms. The number of nitrogens with one attached hydrogen (secondary N) is 1. The maximum Gasteiger partial charge on any atom is 0.262 e. The molecule has 1 amide bonds. The summed E-state index contributed by atoms with van der Waals surface area (Å²) in [5.41, 5.74) is 1.56. The number of pyridine rings is 1. The van der Waals surface area contributed by atoms with Crippen LogP contribution >= 0.6 is 0 Å². The van der Waals surface area contributed by atoms with Crippen LogP contribution in [0, 0.1) is 0 Å². The van der Waals surface area contributed by atoms with Crippen LogP contribution in [0.4, 0.5) is 5.69 Å². The molecule has 22 heavy (non-hydrogen) atoms. The summed E-state index contributed by atoms with van der Waals surface area (Å²) in [5.74, 6) is 0.132. The van der Waals surface area contributed by atoms with Crippen LogP contribution in [0.3, 0.4) is 0 Å². The predicted molar refractivity (Wildman–Crippen MR) is 81.9 cm³/mol. The van der Waals surface area contributed by atoms with E-state index in [4.69, 9.17) is 4.74 Å². The van der Waals surface area contributed by atoms with E-state index < -0.39 is 0 Å². The molecule has 3 rings (SSSR count). The van der Waals surface area contributed by atoms with Gasteiger partial charge in [-0.05, 0) is 24.3 Å². The third-order valence-corrected chi connectivity index (χ3v) is 2.88. The predicted octanol–water partition coefficient (Wildman–Crippen LogP) is 2.28. The number of para-hydroxylation sites is 1. The number of benzene rings is 1. The Bertz CT molecular complexity index is 741. The monoisotopic (exact) mass is 294 g/mol. The summed E-state index contributed by atoms with van der Waals surface area (Å²) in [4.78, 5) is 15.7. The standard InChI is InChI=1S/C16H14N4O2/c21-15(18-13-5-4-9-17-11-13)12-22-16-8-10-20(19-16)14-6-2-1-3-7-14/h1-11H,12H2,(H,18,21). The van der Waals surface area contributed by atoms with Gasteiger partial charge in [-0.3, -0.25) is 9.78 Å². The van der Waals surface area contributed by atoms with Gasteiger partial charge >= 0.3 is 0 Å². The first-order valence-electron chi connectivity index (χ1n) is 6.75. The molecule has 1 aromatic carbocycles. The fraction of sp³-hybridized carbons (Fsp3) is 0.0625. The Balaban J connectivity index is 1.56. The van der Waals surface area contributed by atoms with Gasteiger partial charge in [-0.15, -0.1) is 5.10 Å². The molecule has 2 heterocycles. The zero-order chi connectivity index (χ0) is 15.2. The van der Waals surface area contributed by atoms with E-state index in [-0.39, 0.29) is 12.5 Å². The van der Waals surface area contributed by atoms with Crippen molar-refractivity contribution in [1.29, 1.82) is 0 Å². The SMILES string of the molecule is O=C(COc1ccn(-c2ccccc2)n1)Nc1cccnc1. The average molecular weight is 294 g/mol. The summed E-state index contributed by atoms with van der Waals surface area (Å²) in [6.07, 6.45) is 4.99. The van der Waals surface area contributed by atoms with E-state index in [1.807, 2.05) is 30.3 Å². The number of rotatable bonds is 5. The van der Waals surface area contributed by atoms with Crippen LogP contribution in [0.15, 0.2) is 67.1 Å². The Kier molecular flexibility index (Phi) is 4.10. The van der Waals surface area contributed by atoms with Gasteiger partial charge in [0.05, 0.1) is 17.6 Å². The normalized spacial score (nSPS) is 10.2. The van der Waals surface area contributed by atoms with Crippen LogP contribution in [0.2, 0.25) is 0 Å². The smallest absolute Gasteiger partial charge is 0.262 e. The molecular weight excluding hydrogens is 280 g/mol. The minimum absolute atomic E-state index is 0.110. The lowest BCUT2D eigenvalue weighted by molar-refractivity contribution is -0.118. The van der Waals surface area contributed by atoms with E-state index in [1.54, 1.807) is 41.5 Å². The molecule has 0 aliphatic carbocycles. The lowest BCUT2D eigenvalue weighted by Crippen LogP contribution is -2.20. The Hall–Kier alpha value is -3.15. The first kappa shape index (κ1) is 13.8. The van der Waals surface area contributed by atoms with Gasteiger partial charge in [-0.25, -0.2) is 4.68 Å². The molecule has 0 atom stereocenters. The molecular formula is C16H14N4O2. The van der Waals surface area contributed by atoms with Crippen molar-refractivity contribution in [3.05, 3.63) is 67.1 Å². The number of carbonyl (C=O) groups is 1. The van der Waals surface area contributed by atoms with Gasteiger partial charge in [0.2, 0.25) is 5.88 Å². The van der Waals surface area contributed by atoms with Crippen LogP contribution in [0.1, 0.15) is 0 Å².